The Labute approximate surface area is 191 Å². The second kappa shape index (κ2) is 10.5. The van der Waals surface area contributed by atoms with Crippen molar-refractivity contribution >= 4 is 12.0 Å². The largest absolute Gasteiger partial charge is 0.493 e. The number of carbonyl (C=O) groups excluding carboxylic acids is 2. The molecule has 2 fully saturated rings. The first-order valence-electron chi connectivity index (χ1n) is 11.4. The van der Waals surface area contributed by atoms with E-state index in [2.05, 4.69) is 15.2 Å². The van der Waals surface area contributed by atoms with E-state index in [1.807, 2.05) is 24.3 Å². The Morgan fingerprint density at radius 2 is 1.88 bits per heavy atom. The van der Waals surface area contributed by atoms with Gasteiger partial charge in [0.1, 0.15) is 11.4 Å². The average molecular weight is 456 g/mol. The van der Waals surface area contributed by atoms with Gasteiger partial charge in [0.15, 0.2) is 5.82 Å². The Morgan fingerprint density at radius 1 is 1.12 bits per heavy atom. The summed E-state index contributed by atoms with van der Waals surface area (Å²) in [7, 11) is 0. The molecule has 1 aliphatic carbocycles. The van der Waals surface area contributed by atoms with E-state index in [1.54, 1.807) is 16.7 Å². The second-order valence-corrected chi connectivity index (χ2v) is 8.30. The molecule has 0 bridgehead atoms. The fourth-order valence-electron chi connectivity index (χ4n) is 3.62. The Morgan fingerprint density at radius 3 is 2.58 bits per heavy atom. The second-order valence-electron chi connectivity index (χ2n) is 8.30. The molecule has 2 aliphatic rings. The smallest absolute Gasteiger partial charge is 0.409 e. The zero-order chi connectivity index (χ0) is 23.2. The minimum Gasteiger partial charge on any atom is -0.493 e. The number of ether oxygens (including phenoxy) is 2. The molecule has 1 saturated carbocycles. The molecule has 4 rings (SSSR count). The van der Waals surface area contributed by atoms with Gasteiger partial charge in [-0.15, -0.1) is 10.2 Å². The van der Waals surface area contributed by atoms with Gasteiger partial charge in [-0.2, -0.15) is 0 Å². The van der Waals surface area contributed by atoms with Gasteiger partial charge in [0, 0.05) is 44.6 Å². The van der Waals surface area contributed by atoms with Crippen LogP contribution in [0.2, 0.25) is 0 Å². The van der Waals surface area contributed by atoms with Gasteiger partial charge in [0.05, 0.1) is 13.2 Å². The van der Waals surface area contributed by atoms with E-state index in [1.165, 1.54) is 12.8 Å². The van der Waals surface area contributed by atoms with Crippen molar-refractivity contribution in [3.8, 4) is 17.1 Å². The Balaban J connectivity index is 1.30. The topological polar surface area (TPSA) is 118 Å². The Kier molecular flexibility index (Phi) is 7.21. The number of rotatable bonds is 8. The highest BCUT2D eigenvalue weighted by Gasteiger charge is 2.25. The maximum Gasteiger partial charge on any atom is 0.409 e. The van der Waals surface area contributed by atoms with Crippen molar-refractivity contribution < 1.29 is 19.1 Å². The fraction of sp³-hybridized carbons (Fsp3) is 0.522. The number of carbonyl (C=O) groups is 2. The average Bonchev–Trinajstić information content (AvgIpc) is 3.67. The first-order chi connectivity index (χ1) is 16.0. The molecule has 1 aromatic heterocycles. The first kappa shape index (κ1) is 22.8. The number of amides is 2. The number of aromatic nitrogens is 3. The number of piperazine rings is 1. The molecule has 0 unspecified atom stereocenters. The summed E-state index contributed by atoms with van der Waals surface area (Å²) in [6, 6.07) is 7.40. The fourth-order valence-corrected chi connectivity index (χ4v) is 3.62. The van der Waals surface area contributed by atoms with E-state index in [0.717, 1.165) is 11.3 Å². The van der Waals surface area contributed by atoms with Crippen LogP contribution >= 0.6 is 0 Å². The van der Waals surface area contributed by atoms with E-state index in [9.17, 15) is 14.4 Å². The highest BCUT2D eigenvalue weighted by Crippen LogP contribution is 2.30. The van der Waals surface area contributed by atoms with Crippen LogP contribution in [0.15, 0.2) is 29.1 Å². The SMILES string of the molecule is CCOC(=O)N1CCN(C(=O)CCc2nnc(-c3cccc(OCC4CC4)c3)[nH]c2=O)CC1. The summed E-state index contributed by atoms with van der Waals surface area (Å²) >= 11 is 0. The summed E-state index contributed by atoms with van der Waals surface area (Å²) in [4.78, 5) is 42.9. The summed E-state index contributed by atoms with van der Waals surface area (Å²) in [5.41, 5.74) is 0.581. The summed E-state index contributed by atoms with van der Waals surface area (Å²) in [5, 5.41) is 8.22. The molecule has 2 heterocycles. The van der Waals surface area contributed by atoms with Crippen LogP contribution in [-0.4, -0.2) is 76.4 Å². The van der Waals surface area contributed by atoms with Crippen LogP contribution in [0.5, 0.6) is 5.75 Å². The molecule has 1 aliphatic heterocycles. The zero-order valence-corrected chi connectivity index (χ0v) is 18.8. The van der Waals surface area contributed by atoms with Crippen LogP contribution in [0.3, 0.4) is 0 Å². The third-order valence-electron chi connectivity index (χ3n) is 5.79. The predicted octanol–water partition coefficient (Wildman–Crippen LogP) is 1.85. The highest BCUT2D eigenvalue weighted by molar-refractivity contribution is 5.77. The molecule has 1 N–H and O–H groups in total. The molecule has 0 atom stereocenters. The molecule has 1 saturated heterocycles. The predicted molar refractivity (Wildman–Crippen MR) is 120 cm³/mol. The molecule has 176 valence electrons. The third-order valence-corrected chi connectivity index (χ3v) is 5.79. The lowest BCUT2D eigenvalue weighted by atomic mass is 10.2. The van der Waals surface area contributed by atoms with Crippen molar-refractivity contribution in [1.29, 1.82) is 0 Å². The van der Waals surface area contributed by atoms with Crippen LogP contribution in [0, 0.1) is 5.92 Å². The molecule has 10 nitrogen and oxygen atoms in total. The minimum atomic E-state index is -0.357. The van der Waals surface area contributed by atoms with Crippen LogP contribution < -0.4 is 10.3 Å². The maximum atomic E-state index is 12.5. The van der Waals surface area contributed by atoms with E-state index in [0.29, 0.717) is 51.1 Å². The van der Waals surface area contributed by atoms with Gasteiger partial charge in [0.2, 0.25) is 5.91 Å². The Bertz CT molecular complexity index is 1040. The van der Waals surface area contributed by atoms with Crippen molar-refractivity contribution in [1.82, 2.24) is 25.0 Å². The van der Waals surface area contributed by atoms with Crippen LogP contribution in [0.1, 0.15) is 31.9 Å². The summed E-state index contributed by atoms with van der Waals surface area (Å²) in [6.45, 7) is 4.54. The minimum absolute atomic E-state index is 0.0794. The third kappa shape index (κ3) is 6.09. The number of aryl methyl sites for hydroxylation is 1. The standard InChI is InChI=1S/C23H29N5O5/c1-2-32-23(31)28-12-10-27(11-13-28)20(29)9-8-19-22(30)24-21(26-25-19)17-4-3-5-18(14-17)33-15-16-6-7-16/h3-5,14,16H,2,6-13,15H2,1H3,(H,24,26,30). The molecule has 10 heteroatoms. The van der Waals surface area contributed by atoms with Crippen molar-refractivity contribution in [3.05, 3.63) is 40.3 Å². The van der Waals surface area contributed by atoms with Gasteiger partial charge in [-0.25, -0.2) is 4.79 Å². The highest BCUT2D eigenvalue weighted by atomic mass is 16.6. The molecular formula is C23H29N5O5. The number of benzene rings is 1. The lowest BCUT2D eigenvalue weighted by molar-refractivity contribution is -0.132. The molecule has 0 spiro atoms. The van der Waals surface area contributed by atoms with Crippen molar-refractivity contribution in [2.75, 3.05) is 39.4 Å². The number of aromatic amines is 1. The molecule has 33 heavy (non-hydrogen) atoms. The van der Waals surface area contributed by atoms with E-state index in [4.69, 9.17) is 9.47 Å². The van der Waals surface area contributed by atoms with E-state index >= 15 is 0 Å². The number of hydrogen-bond acceptors (Lipinski definition) is 7. The lowest BCUT2D eigenvalue weighted by Gasteiger charge is -2.34. The zero-order valence-electron chi connectivity index (χ0n) is 18.8. The van der Waals surface area contributed by atoms with Crippen molar-refractivity contribution in [2.24, 2.45) is 5.92 Å². The van der Waals surface area contributed by atoms with Gasteiger partial charge in [-0.05, 0) is 37.8 Å². The summed E-state index contributed by atoms with van der Waals surface area (Å²) in [5.74, 6) is 1.67. The molecule has 2 amide bonds. The van der Waals surface area contributed by atoms with Crippen LogP contribution in [0.25, 0.3) is 11.4 Å². The normalized spacial score (nSPS) is 15.9. The molecular weight excluding hydrogens is 426 g/mol. The molecule has 2 aromatic rings. The van der Waals surface area contributed by atoms with Crippen molar-refractivity contribution in [2.45, 2.75) is 32.6 Å². The maximum absolute atomic E-state index is 12.5. The van der Waals surface area contributed by atoms with Gasteiger partial charge in [-0.3, -0.25) is 9.59 Å². The van der Waals surface area contributed by atoms with Gasteiger partial charge in [0.25, 0.3) is 5.56 Å². The van der Waals surface area contributed by atoms with Crippen LogP contribution in [-0.2, 0) is 16.0 Å². The number of H-pyrrole nitrogens is 1. The van der Waals surface area contributed by atoms with Crippen LogP contribution in [0.4, 0.5) is 4.79 Å². The van der Waals surface area contributed by atoms with Gasteiger partial charge >= 0.3 is 6.09 Å². The van der Waals surface area contributed by atoms with Gasteiger partial charge in [-0.1, -0.05) is 12.1 Å². The van der Waals surface area contributed by atoms with Gasteiger partial charge < -0.3 is 24.3 Å². The monoisotopic (exact) mass is 455 g/mol. The van der Waals surface area contributed by atoms with Crippen molar-refractivity contribution in [3.63, 3.8) is 0 Å². The quantitative estimate of drug-likeness (QED) is 0.645. The van der Waals surface area contributed by atoms with E-state index in [-0.39, 0.29) is 36.1 Å². The number of nitrogens with one attached hydrogen (secondary N) is 1. The molecule has 0 radical (unpaired) electrons. The molecule has 1 aromatic carbocycles. The first-order valence-corrected chi connectivity index (χ1v) is 11.4. The number of nitrogens with zero attached hydrogens (tertiary/aromatic N) is 4. The lowest BCUT2D eigenvalue weighted by Crippen LogP contribution is -2.50. The number of hydrogen-bond donors (Lipinski definition) is 1. The summed E-state index contributed by atoms with van der Waals surface area (Å²) < 4.78 is 10.8. The Hall–Kier alpha value is -3.43. The summed E-state index contributed by atoms with van der Waals surface area (Å²) in [6.07, 6.45) is 2.43. The van der Waals surface area contributed by atoms with E-state index < -0.39 is 0 Å².